The van der Waals surface area contributed by atoms with Crippen molar-refractivity contribution < 1.29 is 14.7 Å². The number of rotatable bonds is 8. The van der Waals surface area contributed by atoms with Gasteiger partial charge in [0.15, 0.2) is 0 Å². The van der Waals surface area contributed by atoms with E-state index in [4.69, 9.17) is 11.5 Å². The van der Waals surface area contributed by atoms with E-state index in [0.717, 1.165) is 4.90 Å². The molecule has 0 saturated heterocycles. The average Bonchev–Trinajstić information content (AvgIpc) is 2.32. The fraction of sp³-hybridized carbons (Fsp3) is 0.714. The van der Waals surface area contributed by atoms with Gasteiger partial charge in [0.2, 0.25) is 0 Å². The van der Waals surface area contributed by atoms with Crippen molar-refractivity contribution >= 4 is 12.0 Å². The van der Waals surface area contributed by atoms with Crippen LogP contribution >= 0.6 is 0 Å². The topological polar surface area (TPSA) is 72.9 Å². The van der Waals surface area contributed by atoms with Crippen molar-refractivity contribution in [1.29, 1.82) is 0 Å². The number of carbonyl (C=O) groups excluding carboxylic acids is 1. The first kappa shape index (κ1) is 18.3. The highest BCUT2D eigenvalue weighted by Crippen LogP contribution is 2.03. The van der Waals surface area contributed by atoms with Gasteiger partial charge in [-0.25, -0.2) is 4.79 Å². The molecule has 0 aliphatic carbocycles. The summed E-state index contributed by atoms with van der Waals surface area (Å²) in [6, 6.07) is 0.318. The van der Waals surface area contributed by atoms with E-state index < -0.39 is 18.5 Å². The Kier molecular flexibility index (Phi) is 8.41. The Morgan fingerprint density at radius 1 is 1.25 bits per heavy atom. The van der Waals surface area contributed by atoms with Crippen molar-refractivity contribution in [2.45, 2.75) is 39.8 Å². The maximum Gasteiger partial charge on any atom is 0.323 e. The monoisotopic (exact) mass is 283 g/mol. The first-order valence-electron chi connectivity index (χ1n) is 6.73. The van der Waals surface area contributed by atoms with E-state index in [0.29, 0.717) is 25.2 Å². The van der Waals surface area contributed by atoms with Gasteiger partial charge < -0.3 is 15.3 Å². The Labute approximate surface area is 121 Å². The number of hydrogen-bond acceptors (Lipinski definition) is 3. The molecule has 0 unspecified atom stereocenters. The van der Waals surface area contributed by atoms with Crippen LogP contribution in [0.15, 0.2) is 0 Å². The summed E-state index contributed by atoms with van der Waals surface area (Å²) in [5, 5.41) is 11.4. The zero-order valence-electron chi connectivity index (χ0n) is 12.7. The second kappa shape index (κ2) is 9.21. The van der Waals surface area contributed by atoms with Crippen LogP contribution in [0.25, 0.3) is 0 Å². The number of aliphatic carboxylic acids is 1. The molecule has 0 aromatic heterocycles. The minimum Gasteiger partial charge on any atom is -0.480 e. The Hall–Kier alpha value is -1.74. The number of carbonyl (C=O) groups is 2. The number of carboxylic acid groups (broad SMARTS) is 1. The third-order valence-corrected chi connectivity index (χ3v) is 2.87. The zero-order chi connectivity index (χ0) is 15.7. The average molecular weight is 283 g/mol. The molecular formula is C14H25N3O3. The lowest BCUT2D eigenvalue weighted by Gasteiger charge is -2.30. The summed E-state index contributed by atoms with van der Waals surface area (Å²) in [5.74, 6) is 1.20. The van der Waals surface area contributed by atoms with E-state index in [-0.39, 0.29) is 6.54 Å². The highest BCUT2D eigenvalue weighted by molar-refractivity contribution is 5.80. The Morgan fingerprint density at radius 3 is 2.20 bits per heavy atom. The Bertz CT molecular complexity index is 353. The maximum absolute atomic E-state index is 11.8. The summed E-state index contributed by atoms with van der Waals surface area (Å²) < 4.78 is 0. The van der Waals surface area contributed by atoms with Gasteiger partial charge in [-0.1, -0.05) is 5.92 Å². The van der Waals surface area contributed by atoms with Crippen LogP contribution in [0.1, 0.15) is 27.7 Å². The smallest absolute Gasteiger partial charge is 0.323 e. The summed E-state index contributed by atoms with van der Waals surface area (Å²) in [4.78, 5) is 25.8. The van der Waals surface area contributed by atoms with Crippen LogP contribution in [0.5, 0.6) is 0 Å². The highest BCUT2D eigenvalue weighted by atomic mass is 16.4. The van der Waals surface area contributed by atoms with Crippen LogP contribution in [0.2, 0.25) is 0 Å². The fourth-order valence-corrected chi connectivity index (χ4v) is 1.99. The molecule has 0 saturated carbocycles. The van der Waals surface area contributed by atoms with Gasteiger partial charge in [0.1, 0.15) is 6.54 Å². The van der Waals surface area contributed by atoms with Gasteiger partial charge in [-0.3, -0.25) is 9.69 Å². The van der Waals surface area contributed by atoms with Gasteiger partial charge in [-0.15, -0.1) is 6.42 Å². The van der Waals surface area contributed by atoms with Crippen molar-refractivity contribution in [2.75, 3.05) is 26.2 Å². The molecule has 0 radical (unpaired) electrons. The minimum absolute atomic E-state index is 0.0177. The van der Waals surface area contributed by atoms with Gasteiger partial charge in [0.25, 0.3) is 0 Å². The number of carboxylic acids is 1. The number of nitrogens with one attached hydrogen (secondary N) is 1. The lowest BCUT2D eigenvalue weighted by atomic mass is 10.2. The SMILES string of the molecule is C#CCN(CC(=O)O)C(=O)NCCN(C(C)C)C(C)C. The second-order valence-corrected chi connectivity index (χ2v) is 5.11. The van der Waals surface area contributed by atoms with E-state index in [1.165, 1.54) is 0 Å². The molecule has 0 atom stereocenters. The first-order valence-corrected chi connectivity index (χ1v) is 6.73. The molecule has 0 aliphatic heterocycles. The fourth-order valence-electron chi connectivity index (χ4n) is 1.99. The van der Waals surface area contributed by atoms with E-state index in [1.54, 1.807) is 0 Å². The lowest BCUT2D eigenvalue weighted by Crippen LogP contribution is -2.47. The van der Waals surface area contributed by atoms with Crippen molar-refractivity contribution in [3.05, 3.63) is 0 Å². The molecular weight excluding hydrogens is 258 g/mol. The summed E-state index contributed by atoms with van der Waals surface area (Å²) in [7, 11) is 0. The molecule has 6 nitrogen and oxygen atoms in total. The molecule has 2 N–H and O–H groups in total. The van der Waals surface area contributed by atoms with Crippen molar-refractivity contribution in [3.63, 3.8) is 0 Å². The van der Waals surface area contributed by atoms with Gasteiger partial charge in [-0.2, -0.15) is 0 Å². The number of urea groups is 1. The van der Waals surface area contributed by atoms with E-state index in [1.807, 2.05) is 0 Å². The predicted molar refractivity (Wildman–Crippen MR) is 78.4 cm³/mol. The van der Waals surface area contributed by atoms with Gasteiger partial charge in [-0.05, 0) is 27.7 Å². The maximum atomic E-state index is 11.8. The molecule has 114 valence electrons. The number of terminal acetylenes is 1. The van der Waals surface area contributed by atoms with E-state index in [2.05, 4.69) is 43.8 Å². The van der Waals surface area contributed by atoms with Crippen LogP contribution in [-0.2, 0) is 4.79 Å². The van der Waals surface area contributed by atoms with Crippen LogP contribution in [0, 0.1) is 12.3 Å². The third kappa shape index (κ3) is 7.00. The van der Waals surface area contributed by atoms with Gasteiger partial charge >= 0.3 is 12.0 Å². The van der Waals surface area contributed by atoms with Crippen LogP contribution in [0.3, 0.4) is 0 Å². The molecule has 0 heterocycles. The van der Waals surface area contributed by atoms with E-state index in [9.17, 15) is 9.59 Å². The number of amides is 2. The molecule has 0 aromatic rings. The minimum atomic E-state index is -1.08. The molecule has 0 aliphatic rings. The van der Waals surface area contributed by atoms with E-state index >= 15 is 0 Å². The van der Waals surface area contributed by atoms with Crippen molar-refractivity contribution in [1.82, 2.24) is 15.1 Å². The molecule has 0 bridgehead atoms. The Balaban J connectivity index is 4.31. The normalized spacial score (nSPS) is 10.7. The standard InChI is InChI=1S/C14H25N3O3/c1-6-8-16(10-13(18)19)14(20)15-7-9-17(11(2)3)12(4)5/h1,11-12H,7-10H2,2-5H3,(H,15,20)(H,18,19). The first-order chi connectivity index (χ1) is 9.29. The van der Waals surface area contributed by atoms with Gasteiger partial charge in [0.05, 0.1) is 6.54 Å². The van der Waals surface area contributed by atoms with Crippen LogP contribution in [-0.4, -0.2) is 65.2 Å². The molecule has 6 heteroatoms. The van der Waals surface area contributed by atoms with Gasteiger partial charge in [0, 0.05) is 25.2 Å². The molecule has 0 spiro atoms. The Morgan fingerprint density at radius 2 is 1.80 bits per heavy atom. The van der Waals surface area contributed by atoms with Crippen molar-refractivity contribution in [3.8, 4) is 12.3 Å². The summed E-state index contributed by atoms with van der Waals surface area (Å²) >= 11 is 0. The summed E-state index contributed by atoms with van der Waals surface area (Å²) in [6.07, 6.45) is 5.13. The molecule has 20 heavy (non-hydrogen) atoms. The largest absolute Gasteiger partial charge is 0.480 e. The van der Waals surface area contributed by atoms with Crippen LogP contribution < -0.4 is 5.32 Å². The zero-order valence-corrected chi connectivity index (χ0v) is 12.7. The third-order valence-electron chi connectivity index (χ3n) is 2.87. The number of hydrogen-bond donors (Lipinski definition) is 2. The lowest BCUT2D eigenvalue weighted by molar-refractivity contribution is -0.137. The second-order valence-electron chi connectivity index (χ2n) is 5.11. The van der Waals surface area contributed by atoms with Crippen molar-refractivity contribution in [2.24, 2.45) is 0 Å². The molecule has 0 fully saturated rings. The molecule has 2 amide bonds. The summed E-state index contributed by atoms with van der Waals surface area (Å²) in [6.45, 7) is 9.12. The quantitative estimate of drug-likeness (QED) is 0.647. The number of nitrogens with zero attached hydrogens (tertiary/aromatic N) is 2. The predicted octanol–water partition coefficient (Wildman–Crippen LogP) is 0.835. The molecule has 0 rings (SSSR count). The summed E-state index contributed by atoms with van der Waals surface area (Å²) in [5.41, 5.74) is 0. The van der Waals surface area contributed by atoms with Crippen LogP contribution in [0.4, 0.5) is 4.79 Å². The highest BCUT2D eigenvalue weighted by Gasteiger charge is 2.17. The molecule has 0 aromatic carbocycles.